The van der Waals surface area contributed by atoms with E-state index in [9.17, 15) is 0 Å². The molecule has 3 heteroatoms. The van der Waals surface area contributed by atoms with Gasteiger partial charge in [-0.15, -0.1) is 11.6 Å². The number of fused-ring (bicyclic) bond motifs is 3. The first kappa shape index (κ1) is 10.5. The third-order valence-corrected chi connectivity index (χ3v) is 3.13. The third kappa shape index (κ3) is 1.75. The minimum atomic E-state index is 0.429. The highest BCUT2D eigenvalue weighted by molar-refractivity contribution is 6.17. The van der Waals surface area contributed by atoms with Crippen molar-refractivity contribution in [3.05, 3.63) is 47.8 Å². The van der Waals surface area contributed by atoms with Gasteiger partial charge in [-0.25, -0.2) is 4.98 Å². The van der Waals surface area contributed by atoms with Crippen molar-refractivity contribution in [2.45, 2.75) is 12.8 Å². The molecule has 0 fully saturated rings. The molecule has 0 spiro atoms. The second-order valence-electron chi connectivity index (χ2n) is 4.10. The lowest BCUT2D eigenvalue weighted by Gasteiger charge is -2.04. The van der Waals surface area contributed by atoms with Crippen LogP contribution in [0.3, 0.4) is 0 Å². The lowest BCUT2D eigenvalue weighted by Crippen LogP contribution is -1.90. The maximum absolute atomic E-state index is 5.83. The van der Waals surface area contributed by atoms with Crippen molar-refractivity contribution in [1.82, 2.24) is 9.97 Å². The standard InChI is InChI=1S/C14H11ClN2/c1-9-2-3-10-4-5-11-6-7-12(8-15)17-14(11)13(10)16-9/h2-7H,8H2,1H3. The number of hydrogen-bond donors (Lipinski definition) is 0. The lowest BCUT2D eigenvalue weighted by atomic mass is 10.1. The van der Waals surface area contributed by atoms with Gasteiger partial charge in [0.25, 0.3) is 0 Å². The van der Waals surface area contributed by atoms with Crippen molar-refractivity contribution in [2.24, 2.45) is 0 Å². The minimum absolute atomic E-state index is 0.429. The number of benzene rings is 1. The summed E-state index contributed by atoms with van der Waals surface area (Å²) in [5.74, 6) is 0.429. The summed E-state index contributed by atoms with van der Waals surface area (Å²) < 4.78 is 0. The number of nitrogens with zero attached hydrogens (tertiary/aromatic N) is 2. The predicted octanol–water partition coefficient (Wildman–Crippen LogP) is 3.83. The maximum atomic E-state index is 5.83. The highest BCUT2D eigenvalue weighted by Gasteiger charge is 2.04. The Hall–Kier alpha value is -1.67. The van der Waals surface area contributed by atoms with Crippen LogP contribution in [0.1, 0.15) is 11.4 Å². The summed E-state index contributed by atoms with van der Waals surface area (Å²) in [5.41, 5.74) is 3.77. The molecule has 0 saturated heterocycles. The summed E-state index contributed by atoms with van der Waals surface area (Å²) in [6.07, 6.45) is 0. The van der Waals surface area contributed by atoms with E-state index in [-0.39, 0.29) is 0 Å². The minimum Gasteiger partial charge on any atom is -0.251 e. The van der Waals surface area contributed by atoms with Crippen molar-refractivity contribution in [2.75, 3.05) is 0 Å². The lowest BCUT2D eigenvalue weighted by molar-refractivity contribution is 1.21. The first-order chi connectivity index (χ1) is 8.28. The maximum Gasteiger partial charge on any atom is 0.0968 e. The molecule has 84 valence electrons. The fourth-order valence-electron chi connectivity index (χ4n) is 1.98. The Morgan fingerprint density at radius 2 is 1.47 bits per heavy atom. The van der Waals surface area contributed by atoms with Gasteiger partial charge < -0.3 is 0 Å². The molecule has 3 aromatic rings. The Morgan fingerprint density at radius 3 is 2.18 bits per heavy atom. The van der Waals surface area contributed by atoms with Gasteiger partial charge in [0.2, 0.25) is 0 Å². The van der Waals surface area contributed by atoms with E-state index < -0.39 is 0 Å². The summed E-state index contributed by atoms with van der Waals surface area (Å²) >= 11 is 5.83. The molecule has 1 aromatic carbocycles. The topological polar surface area (TPSA) is 25.8 Å². The molecule has 0 aliphatic carbocycles. The number of alkyl halides is 1. The highest BCUT2D eigenvalue weighted by atomic mass is 35.5. The van der Waals surface area contributed by atoms with Crippen LogP contribution in [0.25, 0.3) is 21.8 Å². The van der Waals surface area contributed by atoms with Crippen molar-refractivity contribution >= 4 is 33.4 Å². The smallest absolute Gasteiger partial charge is 0.0968 e. The number of aryl methyl sites for hydroxylation is 1. The van der Waals surface area contributed by atoms with Gasteiger partial charge in [-0.2, -0.15) is 0 Å². The third-order valence-electron chi connectivity index (χ3n) is 2.85. The highest BCUT2D eigenvalue weighted by Crippen LogP contribution is 2.23. The SMILES string of the molecule is Cc1ccc2ccc3ccc(CCl)nc3c2n1. The predicted molar refractivity (Wildman–Crippen MR) is 71.3 cm³/mol. The first-order valence-corrected chi connectivity index (χ1v) is 6.03. The quantitative estimate of drug-likeness (QED) is 0.479. The molecule has 0 radical (unpaired) electrons. The fraction of sp³-hybridized carbons (Fsp3) is 0.143. The average Bonchev–Trinajstić information content (AvgIpc) is 2.38. The van der Waals surface area contributed by atoms with Gasteiger partial charge in [-0.05, 0) is 19.1 Å². The van der Waals surface area contributed by atoms with E-state index in [2.05, 4.69) is 28.2 Å². The van der Waals surface area contributed by atoms with Gasteiger partial charge in [0.05, 0.1) is 22.6 Å². The number of halogens is 1. The number of hydrogen-bond acceptors (Lipinski definition) is 2. The van der Waals surface area contributed by atoms with Crippen molar-refractivity contribution < 1.29 is 0 Å². The van der Waals surface area contributed by atoms with Crippen LogP contribution >= 0.6 is 11.6 Å². The van der Waals surface area contributed by atoms with Crippen LogP contribution < -0.4 is 0 Å². The molecule has 0 bridgehead atoms. The van der Waals surface area contributed by atoms with Crippen molar-refractivity contribution in [3.8, 4) is 0 Å². The van der Waals surface area contributed by atoms with Crippen LogP contribution in [-0.4, -0.2) is 9.97 Å². The van der Waals surface area contributed by atoms with Crippen molar-refractivity contribution in [3.63, 3.8) is 0 Å². The molecule has 0 N–H and O–H groups in total. The van der Waals surface area contributed by atoms with E-state index in [4.69, 9.17) is 11.6 Å². The fourth-order valence-corrected chi connectivity index (χ4v) is 2.13. The summed E-state index contributed by atoms with van der Waals surface area (Å²) in [5, 5.41) is 2.21. The Balaban J connectivity index is 2.47. The second-order valence-corrected chi connectivity index (χ2v) is 4.37. The zero-order valence-electron chi connectivity index (χ0n) is 9.44. The Labute approximate surface area is 104 Å². The van der Waals surface area contributed by atoms with Gasteiger partial charge in [-0.1, -0.05) is 24.3 Å². The molecule has 2 aromatic heterocycles. The Bertz CT molecular complexity index is 707. The van der Waals surface area contributed by atoms with Crippen LogP contribution in [0.5, 0.6) is 0 Å². The zero-order valence-corrected chi connectivity index (χ0v) is 10.2. The summed E-state index contributed by atoms with van der Waals surface area (Å²) in [6.45, 7) is 1.99. The van der Waals surface area contributed by atoms with Crippen LogP contribution in [0.2, 0.25) is 0 Å². The molecule has 3 rings (SSSR count). The van der Waals surface area contributed by atoms with E-state index >= 15 is 0 Å². The monoisotopic (exact) mass is 242 g/mol. The van der Waals surface area contributed by atoms with E-state index in [0.29, 0.717) is 5.88 Å². The molecule has 0 aliphatic rings. The van der Waals surface area contributed by atoms with E-state index in [0.717, 1.165) is 33.2 Å². The van der Waals surface area contributed by atoms with Gasteiger partial charge in [0, 0.05) is 16.5 Å². The van der Waals surface area contributed by atoms with E-state index in [1.165, 1.54) is 0 Å². The Morgan fingerprint density at radius 1 is 0.882 bits per heavy atom. The van der Waals surface area contributed by atoms with Crippen LogP contribution in [0.15, 0.2) is 36.4 Å². The van der Waals surface area contributed by atoms with Gasteiger partial charge >= 0.3 is 0 Å². The molecule has 2 heterocycles. The number of rotatable bonds is 1. The largest absolute Gasteiger partial charge is 0.251 e. The molecular weight excluding hydrogens is 232 g/mol. The van der Waals surface area contributed by atoms with Crippen LogP contribution in [0.4, 0.5) is 0 Å². The summed E-state index contributed by atoms with van der Waals surface area (Å²) in [4.78, 5) is 9.14. The molecule has 0 unspecified atom stereocenters. The van der Waals surface area contributed by atoms with E-state index in [1.54, 1.807) is 0 Å². The second kappa shape index (κ2) is 3.97. The summed E-state index contributed by atoms with van der Waals surface area (Å²) in [6, 6.07) is 12.2. The molecule has 2 nitrogen and oxygen atoms in total. The van der Waals surface area contributed by atoms with Crippen molar-refractivity contribution in [1.29, 1.82) is 0 Å². The van der Waals surface area contributed by atoms with Crippen LogP contribution in [0, 0.1) is 6.92 Å². The number of aromatic nitrogens is 2. The average molecular weight is 243 g/mol. The zero-order chi connectivity index (χ0) is 11.8. The molecular formula is C14H11ClN2. The van der Waals surface area contributed by atoms with E-state index in [1.807, 2.05) is 25.1 Å². The molecule has 0 aliphatic heterocycles. The molecule has 0 amide bonds. The van der Waals surface area contributed by atoms with Crippen LogP contribution in [-0.2, 0) is 5.88 Å². The molecule has 0 atom stereocenters. The van der Waals surface area contributed by atoms with Gasteiger partial charge in [0.15, 0.2) is 0 Å². The molecule has 17 heavy (non-hydrogen) atoms. The Kier molecular flexibility index (Phi) is 2.45. The summed E-state index contributed by atoms with van der Waals surface area (Å²) in [7, 11) is 0. The molecule has 0 saturated carbocycles. The first-order valence-electron chi connectivity index (χ1n) is 5.50. The normalized spacial score (nSPS) is 11.2. The van der Waals surface area contributed by atoms with Gasteiger partial charge in [0.1, 0.15) is 0 Å². The van der Waals surface area contributed by atoms with Gasteiger partial charge in [-0.3, -0.25) is 4.98 Å². The number of pyridine rings is 2.